The van der Waals surface area contributed by atoms with Gasteiger partial charge in [0.2, 0.25) is 0 Å². The highest BCUT2D eigenvalue weighted by Crippen LogP contribution is 2.15. The summed E-state index contributed by atoms with van der Waals surface area (Å²) in [4.78, 5) is 11.7. The second kappa shape index (κ2) is 7.07. The van der Waals surface area contributed by atoms with Crippen molar-refractivity contribution < 1.29 is 9.90 Å². The molecule has 0 radical (unpaired) electrons. The zero-order chi connectivity index (χ0) is 14.4. The van der Waals surface area contributed by atoms with Gasteiger partial charge < -0.3 is 15.7 Å². The Labute approximate surface area is 126 Å². The number of anilines is 1. The Hall–Kier alpha value is -1.85. The lowest BCUT2D eigenvalue weighted by Gasteiger charge is -2.08. The van der Waals surface area contributed by atoms with E-state index in [4.69, 9.17) is 5.11 Å². The number of aliphatic hydroxyl groups is 1. The monoisotopic (exact) mass is 334 g/mol. The summed E-state index contributed by atoms with van der Waals surface area (Å²) in [7, 11) is 0. The zero-order valence-electron chi connectivity index (χ0n) is 10.8. The molecule has 0 saturated heterocycles. The number of carbonyl (C=O) groups excluding carboxylic acids is 1. The highest BCUT2D eigenvalue weighted by molar-refractivity contribution is 9.10. The maximum Gasteiger partial charge on any atom is 0.319 e. The highest BCUT2D eigenvalue weighted by atomic mass is 79.9. The summed E-state index contributed by atoms with van der Waals surface area (Å²) in [6.07, 6.45) is 0. The van der Waals surface area contributed by atoms with E-state index in [2.05, 4.69) is 26.6 Å². The molecule has 0 aliphatic heterocycles. The van der Waals surface area contributed by atoms with Gasteiger partial charge in [0.15, 0.2) is 0 Å². The standard InChI is InChI=1S/C15H15BrN2O2/c16-13-2-1-3-14(8-13)18-15(20)17-9-11-4-6-12(10-19)7-5-11/h1-8,19H,9-10H2,(H2,17,18,20). The summed E-state index contributed by atoms with van der Waals surface area (Å²) >= 11 is 3.35. The molecule has 20 heavy (non-hydrogen) atoms. The molecule has 0 spiro atoms. The fraction of sp³-hybridized carbons (Fsp3) is 0.133. The number of urea groups is 1. The molecule has 0 unspecified atom stereocenters. The van der Waals surface area contributed by atoms with E-state index >= 15 is 0 Å². The van der Waals surface area contributed by atoms with Crippen LogP contribution in [0.5, 0.6) is 0 Å². The molecule has 5 heteroatoms. The summed E-state index contributed by atoms with van der Waals surface area (Å²) < 4.78 is 0.912. The summed E-state index contributed by atoms with van der Waals surface area (Å²) in [6, 6.07) is 14.6. The van der Waals surface area contributed by atoms with Crippen LogP contribution in [-0.2, 0) is 13.2 Å². The molecule has 0 fully saturated rings. The van der Waals surface area contributed by atoms with E-state index in [1.54, 1.807) is 0 Å². The van der Waals surface area contributed by atoms with Crippen molar-refractivity contribution in [2.24, 2.45) is 0 Å². The van der Waals surface area contributed by atoms with E-state index in [-0.39, 0.29) is 12.6 Å². The van der Waals surface area contributed by atoms with Crippen LogP contribution in [0.4, 0.5) is 10.5 Å². The lowest BCUT2D eigenvalue weighted by atomic mass is 10.1. The van der Waals surface area contributed by atoms with E-state index in [0.29, 0.717) is 6.54 Å². The Morgan fingerprint density at radius 1 is 1.10 bits per heavy atom. The minimum Gasteiger partial charge on any atom is -0.392 e. The Balaban J connectivity index is 1.85. The van der Waals surface area contributed by atoms with Crippen molar-refractivity contribution in [1.82, 2.24) is 5.32 Å². The van der Waals surface area contributed by atoms with Gasteiger partial charge in [-0.1, -0.05) is 46.3 Å². The van der Waals surface area contributed by atoms with Crippen LogP contribution in [0.2, 0.25) is 0 Å². The molecule has 2 aromatic carbocycles. The number of benzene rings is 2. The van der Waals surface area contributed by atoms with Crippen LogP contribution < -0.4 is 10.6 Å². The zero-order valence-corrected chi connectivity index (χ0v) is 12.4. The van der Waals surface area contributed by atoms with Crippen LogP contribution in [0, 0.1) is 0 Å². The molecule has 2 aromatic rings. The van der Waals surface area contributed by atoms with Gasteiger partial charge in [0.05, 0.1) is 6.61 Å². The predicted molar refractivity (Wildman–Crippen MR) is 82.4 cm³/mol. The first-order valence-electron chi connectivity index (χ1n) is 6.16. The molecule has 2 rings (SSSR count). The van der Waals surface area contributed by atoms with Crippen molar-refractivity contribution in [1.29, 1.82) is 0 Å². The van der Waals surface area contributed by atoms with Gasteiger partial charge in [-0.3, -0.25) is 0 Å². The maximum absolute atomic E-state index is 11.7. The topological polar surface area (TPSA) is 61.4 Å². The maximum atomic E-state index is 11.7. The highest BCUT2D eigenvalue weighted by Gasteiger charge is 2.02. The van der Waals surface area contributed by atoms with Crippen molar-refractivity contribution in [3.63, 3.8) is 0 Å². The van der Waals surface area contributed by atoms with Crippen LogP contribution in [0.3, 0.4) is 0 Å². The molecular formula is C15H15BrN2O2. The molecule has 0 aliphatic carbocycles. The van der Waals surface area contributed by atoms with Gasteiger partial charge in [-0.05, 0) is 29.3 Å². The second-order valence-electron chi connectivity index (χ2n) is 4.29. The average molecular weight is 335 g/mol. The summed E-state index contributed by atoms with van der Waals surface area (Å²) in [6.45, 7) is 0.461. The predicted octanol–water partition coefficient (Wildman–Crippen LogP) is 3.26. The summed E-state index contributed by atoms with van der Waals surface area (Å²) in [5.41, 5.74) is 2.56. The number of amides is 2. The fourth-order valence-electron chi connectivity index (χ4n) is 1.69. The van der Waals surface area contributed by atoms with Crippen molar-refractivity contribution in [2.45, 2.75) is 13.2 Å². The van der Waals surface area contributed by atoms with E-state index in [1.807, 2.05) is 48.5 Å². The number of hydrogen-bond donors (Lipinski definition) is 3. The van der Waals surface area contributed by atoms with Crippen LogP contribution in [0.1, 0.15) is 11.1 Å². The van der Waals surface area contributed by atoms with Gasteiger partial charge in [0, 0.05) is 16.7 Å². The number of aliphatic hydroxyl groups excluding tert-OH is 1. The first kappa shape index (κ1) is 14.6. The van der Waals surface area contributed by atoms with E-state index in [9.17, 15) is 4.79 Å². The molecule has 0 aromatic heterocycles. The molecule has 0 saturated carbocycles. The third kappa shape index (κ3) is 4.36. The van der Waals surface area contributed by atoms with Crippen LogP contribution in [0.25, 0.3) is 0 Å². The number of rotatable bonds is 4. The van der Waals surface area contributed by atoms with Crippen LogP contribution >= 0.6 is 15.9 Å². The number of carbonyl (C=O) groups is 1. The van der Waals surface area contributed by atoms with E-state index < -0.39 is 0 Å². The minimum atomic E-state index is -0.255. The van der Waals surface area contributed by atoms with Crippen molar-refractivity contribution in [2.75, 3.05) is 5.32 Å². The summed E-state index contributed by atoms with van der Waals surface area (Å²) in [5.74, 6) is 0. The number of halogens is 1. The fourth-order valence-corrected chi connectivity index (χ4v) is 2.09. The molecule has 0 atom stereocenters. The quantitative estimate of drug-likeness (QED) is 0.803. The molecular weight excluding hydrogens is 320 g/mol. The lowest BCUT2D eigenvalue weighted by molar-refractivity contribution is 0.251. The third-order valence-electron chi connectivity index (χ3n) is 2.74. The van der Waals surface area contributed by atoms with Gasteiger partial charge in [0.1, 0.15) is 0 Å². The normalized spacial score (nSPS) is 10.1. The Morgan fingerprint density at radius 2 is 1.80 bits per heavy atom. The largest absolute Gasteiger partial charge is 0.392 e. The Kier molecular flexibility index (Phi) is 5.15. The van der Waals surface area contributed by atoms with Gasteiger partial charge in [-0.2, -0.15) is 0 Å². The molecule has 3 N–H and O–H groups in total. The third-order valence-corrected chi connectivity index (χ3v) is 3.23. The van der Waals surface area contributed by atoms with Gasteiger partial charge in [-0.25, -0.2) is 4.79 Å². The van der Waals surface area contributed by atoms with Crippen molar-refractivity contribution in [3.8, 4) is 0 Å². The van der Waals surface area contributed by atoms with Crippen LogP contribution in [0.15, 0.2) is 53.0 Å². The second-order valence-corrected chi connectivity index (χ2v) is 5.21. The Morgan fingerprint density at radius 3 is 2.45 bits per heavy atom. The van der Waals surface area contributed by atoms with Gasteiger partial charge >= 0.3 is 6.03 Å². The molecule has 104 valence electrons. The number of hydrogen-bond acceptors (Lipinski definition) is 2. The Bertz CT molecular complexity index is 585. The molecule has 0 aliphatic rings. The molecule has 0 bridgehead atoms. The smallest absolute Gasteiger partial charge is 0.319 e. The summed E-state index contributed by atoms with van der Waals surface area (Å²) in [5, 5.41) is 14.5. The van der Waals surface area contributed by atoms with Crippen molar-refractivity contribution in [3.05, 3.63) is 64.1 Å². The minimum absolute atomic E-state index is 0.0249. The molecule has 0 heterocycles. The lowest BCUT2D eigenvalue weighted by Crippen LogP contribution is -2.28. The average Bonchev–Trinajstić information content (AvgIpc) is 2.46. The molecule has 4 nitrogen and oxygen atoms in total. The van der Waals surface area contributed by atoms with E-state index in [1.165, 1.54) is 0 Å². The SMILES string of the molecule is O=C(NCc1ccc(CO)cc1)Nc1cccc(Br)c1. The van der Waals surface area contributed by atoms with E-state index in [0.717, 1.165) is 21.3 Å². The molecule has 2 amide bonds. The first-order valence-corrected chi connectivity index (χ1v) is 6.96. The van der Waals surface area contributed by atoms with Crippen LogP contribution in [-0.4, -0.2) is 11.1 Å². The van der Waals surface area contributed by atoms with Gasteiger partial charge in [-0.15, -0.1) is 0 Å². The van der Waals surface area contributed by atoms with Gasteiger partial charge in [0.25, 0.3) is 0 Å². The van der Waals surface area contributed by atoms with Crippen molar-refractivity contribution >= 4 is 27.6 Å². The first-order chi connectivity index (χ1) is 9.67. The number of nitrogens with one attached hydrogen (secondary N) is 2.